The van der Waals surface area contributed by atoms with E-state index in [4.69, 9.17) is 4.74 Å². The summed E-state index contributed by atoms with van der Waals surface area (Å²) in [6.07, 6.45) is 1.17. The van der Waals surface area contributed by atoms with Crippen LogP contribution >= 0.6 is 0 Å². The number of nitrogens with zero attached hydrogens (tertiary/aromatic N) is 1. The lowest BCUT2D eigenvalue weighted by molar-refractivity contribution is 0.102. The van der Waals surface area contributed by atoms with Crippen LogP contribution in [0.15, 0.2) is 54.6 Å². The third-order valence-electron chi connectivity index (χ3n) is 3.75. The number of rotatable bonds is 5. The van der Waals surface area contributed by atoms with Gasteiger partial charge in [-0.2, -0.15) is 0 Å². The monoisotopic (exact) mass is 370 g/mol. The fourth-order valence-corrected chi connectivity index (χ4v) is 3.46. The second-order valence-corrected chi connectivity index (χ2v) is 8.10. The van der Waals surface area contributed by atoms with Crippen LogP contribution in [0.25, 0.3) is 10.8 Å². The SMILES string of the molecule is COc1nc(C(=O)Nc2cccc(CS(C)(=O)=O)c2)cc2ccccc12. The lowest BCUT2D eigenvalue weighted by atomic mass is 10.1. The summed E-state index contributed by atoms with van der Waals surface area (Å²) < 4.78 is 28.2. The first-order chi connectivity index (χ1) is 12.4. The number of sulfone groups is 1. The van der Waals surface area contributed by atoms with Crippen molar-refractivity contribution in [3.05, 3.63) is 65.9 Å². The van der Waals surface area contributed by atoms with Crippen LogP contribution in [0.1, 0.15) is 16.1 Å². The van der Waals surface area contributed by atoms with E-state index in [2.05, 4.69) is 10.3 Å². The molecule has 3 aromatic rings. The fraction of sp³-hybridized carbons (Fsp3) is 0.158. The van der Waals surface area contributed by atoms with E-state index in [-0.39, 0.29) is 11.4 Å². The van der Waals surface area contributed by atoms with Gasteiger partial charge in [-0.25, -0.2) is 13.4 Å². The zero-order valence-electron chi connectivity index (χ0n) is 14.4. The fourth-order valence-electron chi connectivity index (χ4n) is 2.68. The molecule has 134 valence electrons. The molecule has 26 heavy (non-hydrogen) atoms. The van der Waals surface area contributed by atoms with Gasteiger partial charge in [-0.1, -0.05) is 30.3 Å². The Labute approximate surface area is 151 Å². The number of anilines is 1. The Balaban J connectivity index is 1.89. The van der Waals surface area contributed by atoms with Crippen LogP contribution in [0.3, 0.4) is 0 Å². The largest absolute Gasteiger partial charge is 0.481 e. The molecule has 0 fully saturated rings. The standard InChI is InChI=1S/C19H18N2O4S/c1-25-19-16-9-4-3-7-14(16)11-17(21-19)18(22)20-15-8-5-6-13(10-15)12-26(2,23)24/h3-11H,12H2,1-2H3,(H,20,22). The summed E-state index contributed by atoms with van der Waals surface area (Å²) >= 11 is 0. The molecule has 1 N–H and O–H groups in total. The number of ether oxygens (including phenoxy) is 1. The molecule has 7 heteroatoms. The Kier molecular flexibility index (Phi) is 4.90. The van der Waals surface area contributed by atoms with Crippen LogP contribution in [0, 0.1) is 0 Å². The number of fused-ring (bicyclic) bond motifs is 1. The van der Waals surface area contributed by atoms with E-state index in [0.717, 1.165) is 10.8 Å². The van der Waals surface area contributed by atoms with Crippen molar-refractivity contribution in [1.29, 1.82) is 0 Å². The lowest BCUT2D eigenvalue weighted by Crippen LogP contribution is -2.14. The topological polar surface area (TPSA) is 85.4 Å². The average Bonchev–Trinajstić information content (AvgIpc) is 2.59. The number of benzene rings is 2. The van der Waals surface area contributed by atoms with Crippen molar-refractivity contribution < 1.29 is 17.9 Å². The number of pyridine rings is 1. The van der Waals surface area contributed by atoms with E-state index in [0.29, 0.717) is 17.1 Å². The molecule has 0 bridgehead atoms. The summed E-state index contributed by atoms with van der Waals surface area (Å²) in [7, 11) is -1.64. The molecule has 0 aliphatic carbocycles. The first kappa shape index (κ1) is 17.9. The third kappa shape index (κ3) is 4.18. The molecule has 0 saturated carbocycles. The first-order valence-corrected chi connectivity index (χ1v) is 9.93. The van der Waals surface area contributed by atoms with Gasteiger partial charge in [0, 0.05) is 17.3 Å². The minimum Gasteiger partial charge on any atom is -0.481 e. The number of methoxy groups -OCH3 is 1. The molecule has 1 heterocycles. The van der Waals surface area contributed by atoms with Crippen molar-refractivity contribution in [1.82, 2.24) is 4.98 Å². The Hall–Kier alpha value is -2.93. The van der Waals surface area contributed by atoms with Crippen LogP contribution in [0.5, 0.6) is 5.88 Å². The Bertz CT molecular complexity index is 1080. The van der Waals surface area contributed by atoms with Gasteiger partial charge < -0.3 is 10.1 Å². The van der Waals surface area contributed by atoms with E-state index in [9.17, 15) is 13.2 Å². The number of carbonyl (C=O) groups is 1. The smallest absolute Gasteiger partial charge is 0.274 e. The predicted molar refractivity (Wildman–Crippen MR) is 101 cm³/mol. The van der Waals surface area contributed by atoms with Gasteiger partial charge in [-0.3, -0.25) is 4.79 Å². The minimum absolute atomic E-state index is 0.0846. The molecule has 0 atom stereocenters. The zero-order valence-corrected chi connectivity index (χ0v) is 15.2. The van der Waals surface area contributed by atoms with Crippen LogP contribution in [-0.2, 0) is 15.6 Å². The van der Waals surface area contributed by atoms with Gasteiger partial charge in [0.2, 0.25) is 5.88 Å². The Morgan fingerprint density at radius 1 is 1.12 bits per heavy atom. The Morgan fingerprint density at radius 3 is 2.62 bits per heavy atom. The van der Waals surface area contributed by atoms with Crippen LogP contribution in [0.2, 0.25) is 0 Å². The number of nitrogens with one attached hydrogen (secondary N) is 1. The van der Waals surface area contributed by atoms with E-state index in [1.54, 1.807) is 30.3 Å². The maximum atomic E-state index is 12.6. The molecular weight excluding hydrogens is 352 g/mol. The molecular formula is C19H18N2O4S. The summed E-state index contributed by atoms with van der Waals surface area (Å²) in [5, 5.41) is 4.41. The second kappa shape index (κ2) is 7.13. The zero-order chi connectivity index (χ0) is 18.7. The minimum atomic E-state index is -3.15. The predicted octanol–water partition coefficient (Wildman–Crippen LogP) is 3.04. The third-order valence-corrected chi connectivity index (χ3v) is 4.60. The highest BCUT2D eigenvalue weighted by Gasteiger charge is 2.13. The summed E-state index contributed by atoms with van der Waals surface area (Å²) in [5.74, 6) is -0.108. The average molecular weight is 370 g/mol. The summed E-state index contributed by atoms with van der Waals surface area (Å²) in [6, 6.07) is 15.9. The maximum Gasteiger partial charge on any atom is 0.274 e. The van der Waals surface area contributed by atoms with Crippen molar-refractivity contribution in [3.8, 4) is 5.88 Å². The number of hydrogen-bond donors (Lipinski definition) is 1. The van der Waals surface area contributed by atoms with E-state index in [1.807, 2.05) is 24.3 Å². The van der Waals surface area contributed by atoms with Crippen LogP contribution < -0.4 is 10.1 Å². The summed E-state index contributed by atoms with van der Waals surface area (Å²) in [6.45, 7) is 0. The first-order valence-electron chi connectivity index (χ1n) is 7.87. The maximum absolute atomic E-state index is 12.6. The van der Waals surface area contributed by atoms with Crippen molar-refractivity contribution in [3.63, 3.8) is 0 Å². The van der Waals surface area contributed by atoms with Gasteiger partial charge in [-0.05, 0) is 35.2 Å². The number of amides is 1. The summed E-state index contributed by atoms with van der Waals surface area (Å²) in [4.78, 5) is 16.8. The molecule has 1 amide bonds. The molecule has 0 spiro atoms. The van der Waals surface area contributed by atoms with Gasteiger partial charge in [-0.15, -0.1) is 0 Å². The van der Waals surface area contributed by atoms with Crippen LogP contribution in [-0.4, -0.2) is 32.7 Å². The molecule has 0 unspecified atom stereocenters. The highest BCUT2D eigenvalue weighted by molar-refractivity contribution is 7.89. The number of hydrogen-bond acceptors (Lipinski definition) is 5. The molecule has 6 nitrogen and oxygen atoms in total. The van der Waals surface area contributed by atoms with Crippen molar-refractivity contribution in [2.24, 2.45) is 0 Å². The van der Waals surface area contributed by atoms with Crippen molar-refractivity contribution >= 4 is 32.2 Å². The second-order valence-electron chi connectivity index (χ2n) is 5.96. The quantitative estimate of drug-likeness (QED) is 0.746. The molecule has 0 aliphatic rings. The van der Waals surface area contributed by atoms with Gasteiger partial charge in [0.15, 0.2) is 9.84 Å². The van der Waals surface area contributed by atoms with E-state index >= 15 is 0 Å². The van der Waals surface area contributed by atoms with Gasteiger partial charge in [0.05, 0.1) is 12.9 Å². The number of aromatic nitrogens is 1. The Morgan fingerprint density at radius 2 is 1.88 bits per heavy atom. The van der Waals surface area contributed by atoms with Gasteiger partial charge in [0.25, 0.3) is 5.91 Å². The summed E-state index contributed by atoms with van der Waals surface area (Å²) in [5.41, 5.74) is 1.33. The molecule has 3 rings (SSSR count). The van der Waals surface area contributed by atoms with Crippen LogP contribution in [0.4, 0.5) is 5.69 Å². The van der Waals surface area contributed by atoms with Crippen molar-refractivity contribution in [2.75, 3.05) is 18.7 Å². The van der Waals surface area contributed by atoms with E-state index in [1.165, 1.54) is 13.4 Å². The molecule has 1 aromatic heterocycles. The normalized spacial score (nSPS) is 11.3. The lowest BCUT2D eigenvalue weighted by Gasteiger charge is -2.10. The van der Waals surface area contributed by atoms with Crippen molar-refractivity contribution in [2.45, 2.75) is 5.75 Å². The number of carbonyl (C=O) groups excluding carboxylic acids is 1. The molecule has 2 aromatic carbocycles. The van der Waals surface area contributed by atoms with E-state index < -0.39 is 15.7 Å². The van der Waals surface area contributed by atoms with Gasteiger partial charge in [0.1, 0.15) is 5.69 Å². The molecule has 0 saturated heterocycles. The molecule has 0 aliphatic heterocycles. The molecule has 0 radical (unpaired) electrons. The highest BCUT2D eigenvalue weighted by Crippen LogP contribution is 2.24. The highest BCUT2D eigenvalue weighted by atomic mass is 32.2. The van der Waals surface area contributed by atoms with Gasteiger partial charge >= 0.3 is 0 Å².